The molecule has 1 aliphatic rings. The normalized spacial score (nSPS) is 20.0. The average Bonchev–Trinajstić information content (AvgIpc) is 2.86. The number of hydrogen-bond acceptors (Lipinski definition) is 2. The zero-order chi connectivity index (χ0) is 16.0. The second-order valence-electron chi connectivity index (χ2n) is 6.09. The van der Waals surface area contributed by atoms with Gasteiger partial charge in [-0.25, -0.2) is 9.98 Å². The smallest absolute Gasteiger partial charge is 0.165 e. The lowest BCUT2D eigenvalue weighted by Crippen LogP contribution is -2.11. The predicted molar refractivity (Wildman–Crippen MR) is 98.7 cm³/mol. The number of pyridine rings is 1. The van der Waals surface area contributed by atoms with Crippen molar-refractivity contribution in [3.05, 3.63) is 52.6 Å². The van der Waals surface area contributed by atoms with Crippen LogP contribution in [0.25, 0.3) is 16.9 Å². The van der Waals surface area contributed by atoms with E-state index in [9.17, 15) is 0 Å². The molecule has 0 saturated carbocycles. The summed E-state index contributed by atoms with van der Waals surface area (Å²) in [5.74, 6) is 1.83. The van der Waals surface area contributed by atoms with E-state index in [1.807, 2.05) is 12.1 Å². The van der Waals surface area contributed by atoms with Gasteiger partial charge < -0.3 is 0 Å². The average molecular weight is 368 g/mol. The third kappa shape index (κ3) is 2.32. The van der Waals surface area contributed by atoms with E-state index in [-0.39, 0.29) is 0 Å². The van der Waals surface area contributed by atoms with Gasteiger partial charge in [0.05, 0.1) is 0 Å². The minimum Gasteiger partial charge on any atom is -0.281 e. The lowest BCUT2D eigenvalue weighted by Gasteiger charge is -2.19. The standard InChI is InChI=1S/C19H18BrN3/c1-3-15-12(2)11-21-19-18(13-7-9-14(20)10-8-13)22-17-6-4-5-16(15)23(17)19/h4-12,15H,3H2,1-2H3/t12-,15+/m1/s1. The first-order chi connectivity index (χ1) is 11.2. The van der Waals surface area contributed by atoms with E-state index in [1.54, 1.807) is 0 Å². The fourth-order valence-corrected chi connectivity index (χ4v) is 3.72. The lowest BCUT2D eigenvalue weighted by atomic mass is 9.89. The topological polar surface area (TPSA) is 29.7 Å². The number of imidazole rings is 1. The summed E-state index contributed by atoms with van der Waals surface area (Å²) in [7, 11) is 0. The van der Waals surface area contributed by atoms with Crippen LogP contribution >= 0.6 is 15.9 Å². The maximum absolute atomic E-state index is 4.85. The number of rotatable bonds is 2. The zero-order valence-electron chi connectivity index (χ0n) is 13.2. The van der Waals surface area contributed by atoms with Gasteiger partial charge in [-0.1, -0.05) is 48.0 Å². The molecule has 1 aliphatic heterocycles. The Hall–Kier alpha value is -1.94. The van der Waals surface area contributed by atoms with Crippen LogP contribution in [0.2, 0.25) is 0 Å². The molecule has 2 aromatic heterocycles. The van der Waals surface area contributed by atoms with Gasteiger partial charge in [0.1, 0.15) is 11.3 Å². The first kappa shape index (κ1) is 14.6. The van der Waals surface area contributed by atoms with Crippen LogP contribution in [0.5, 0.6) is 0 Å². The fourth-order valence-electron chi connectivity index (χ4n) is 3.45. The van der Waals surface area contributed by atoms with Crippen LogP contribution < -0.4 is 0 Å². The van der Waals surface area contributed by atoms with E-state index in [4.69, 9.17) is 9.98 Å². The fraction of sp³-hybridized carbons (Fsp3) is 0.263. The van der Waals surface area contributed by atoms with Crippen molar-refractivity contribution in [1.29, 1.82) is 0 Å². The van der Waals surface area contributed by atoms with Crippen molar-refractivity contribution >= 4 is 33.6 Å². The summed E-state index contributed by atoms with van der Waals surface area (Å²) in [4.78, 5) is 9.66. The van der Waals surface area contributed by atoms with Gasteiger partial charge in [-0.2, -0.15) is 0 Å². The van der Waals surface area contributed by atoms with Crippen molar-refractivity contribution in [2.24, 2.45) is 10.9 Å². The highest BCUT2D eigenvalue weighted by molar-refractivity contribution is 9.10. The third-order valence-corrected chi connectivity index (χ3v) is 5.18. The van der Waals surface area contributed by atoms with E-state index >= 15 is 0 Å². The molecule has 4 heteroatoms. The van der Waals surface area contributed by atoms with Gasteiger partial charge in [-0.15, -0.1) is 0 Å². The highest BCUT2D eigenvalue weighted by atomic mass is 79.9. The van der Waals surface area contributed by atoms with Gasteiger partial charge in [0.15, 0.2) is 5.82 Å². The van der Waals surface area contributed by atoms with Crippen LogP contribution in [0.4, 0.5) is 5.82 Å². The van der Waals surface area contributed by atoms with Gasteiger partial charge in [-0.3, -0.25) is 4.40 Å². The second kappa shape index (κ2) is 5.60. The van der Waals surface area contributed by atoms with Crippen molar-refractivity contribution in [3.8, 4) is 11.3 Å². The molecule has 3 heterocycles. The summed E-state index contributed by atoms with van der Waals surface area (Å²) in [6.45, 7) is 4.49. The number of hydrogen-bond donors (Lipinski definition) is 0. The SMILES string of the molecule is CC[C@@H]1c2cccc3nc(-c4ccc(Br)cc4)c(n23)N=C[C@H]1C. The first-order valence-electron chi connectivity index (χ1n) is 8.00. The molecule has 4 rings (SSSR count). The lowest BCUT2D eigenvalue weighted by molar-refractivity contribution is 0.551. The number of nitrogens with zero attached hydrogens (tertiary/aromatic N) is 3. The molecule has 3 nitrogen and oxygen atoms in total. The van der Waals surface area contributed by atoms with Crippen LogP contribution in [-0.4, -0.2) is 15.6 Å². The van der Waals surface area contributed by atoms with E-state index in [0.29, 0.717) is 11.8 Å². The molecule has 0 fully saturated rings. The number of halogens is 1. The molecule has 0 radical (unpaired) electrons. The Morgan fingerprint density at radius 3 is 2.65 bits per heavy atom. The summed E-state index contributed by atoms with van der Waals surface area (Å²) in [5, 5.41) is 0. The molecule has 116 valence electrons. The number of benzene rings is 1. The third-order valence-electron chi connectivity index (χ3n) is 4.65. The Kier molecular flexibility index (Phi) is 3.57. The Morgan fingerprint density at radius 1 is 1.13 bits per heavy atom. The van der Waals surface area contributed by atoms with Crippen LogP contribution in [0.3, 0.4) is 0 Å². The Labute approximate surface area is 144 Å². The van der Waals surface area contributed by atoms with E-state index in [1.165, 1.54) is 5.69 Å². The van der Waals surface area contributed by atoms with Gasteiger partial charge in [0, 0.05) is 27.9 Å². The predicted octanol–water partition coefficient (Wildman–Crippen LogP) is 5.61. The molecule has 23 heavy (non-hydrogen) atoms. The molecule has 0 unspecified atom stereocenters. The van der Waals surface area contributed by atoms with Crippen molar-refractivity contribution in [1.82, 2.24) is 9.38 Å². The maximum atomic E-state index is 4.85. The van der Waals surface area contributed by atoms with Crippen molar-refractivity contribution in [3.63, 3.8) is 0 Å². The van der Waals surface area contributed by atoms with Crippen molar-refractivity contribution in [2.45, 2.75) is 26.2 Å². The molecule has 0 N–H and O–H groups in total. The van der Waals surface area contributed by atoms with E-state index in [2.05, 4.69) is 70.7 Å². The molecule has 1 aromatic carbocycles. The van der Waals surface area contributed by atoms with E-state index < -0.39 is 0 Å². The van der Waals surface area contributed by atoms with Crippen molar-refractivity contribution in [2.75, 3.05) is 0 Å². The highest BCUT2D eigenvalue weighted by Gasteiger charge is 2.25. The molecular formula is C19H18BrN3. The van der Waals surface area contributed by atoms with Crippen LogP contribution in [0.1, 0.15) is 31.9 Å². The van der Waals surface area contributed by atoms with Crippen LogP contribution in [0.15, 0.2) is 51.9 Å². The number of aliphatic imine (C=N–C) groups is 1. The molecule has 0 bridgehead atoms. The maximum Gasteiger partial charge on any atom is 0.165 e. The molecule has 3 aromatic rings. The zero-order valence-corrected chi connectivity index (χ0v) is 14.8. The second-order valence-corrected chi connectivity index (χ2v) is 7.00. The van der Waals surface area contributed by atoms with Crippen molar-refractivity contribution < 1.29 is 0 Å². The molecule has 0 spiro atoms. The van der Waals surface area contributed by atoms with Gasteiger partial charge in [0.25, 0.3) is 0 Å². The largest absolute Gasteiger partial charge is 0.281 e. The van der Waals surface area contributed by atoms with Crippen LogP contribution in [0, 0.1) is 5.92 Å². The Bertz CT molecular complexity index is 893. The summed E-state index contributed by atoms with van der Waals surface area (Å²) in [5.41, 5.74) is 4.32. The summed E-state index contributed by atoms with van der Waals surface area (Å²) in [6, 6.07) is 14.6. The number of aromatic nitrogens is 2. The molecule has 0 saturated heterocycles. The minimum absolute atomic E-state index is 0.420. The Balaban J connectivity index is 2.02. The van der Waals surface area contributed by atoms with E-state index in [0.717, 1.165) is 33.6 Å². The van der Waals surface area contributed by atoms with Gasteiger partial charge in [0.2, 0.25) is 0 Å². The monoisotopic (exact) mass is 367 g/mol. The molecule has 0 aliphatic carbocycles. The summed E-state index contributed by atoms with van der Waals surface area (Å²) < 4.78 is 3.30. The highest BCUT2D eigenvalue weighted by Crippen LogP contribution is 2.38. The minimum atomic E-state index is 0.420. The molecule has 0 amide bonds. The summed E-state index contributed by atoms with van der Waals surface area (Å²) in [6.07, 6.45) is 3.18. The molecular weight excluding hydrogens is 350 g/mol. The van der Waals surface area contributed by atoms with Crippen LogP contribution in [-0.2, 0) is 0 Å². The quantitative estimate of drug-likeness (QED) is 0.578. The summed E-state index contributed by atoms with van der Waals surface area (Å²) >= 11 is 3.49. The Morgan fingerprint density at radius 2 is 1.91 bits per heavy atom. The van der Waals surface area contributed by atoms with Gasteiger partial charge >= 0.3 is 0 Å². The van der Waals surface area contributed by atoms with Gasteiger partial charge in [-0.05, 0) is 36.6 Å². The first-order valence-corrected chi connectivity index (χ1v) is 8.80. The molecule has 2 atom stereocenters.